The summed E-state index contributed by atoms with van der Waals surface area (Å²) >= 11 is 5.65. The van der Waals surface area contributed by atoms with Crippen molar-refractivity contribution in [1.82, 2.24) is 15.1 Å². The van der Waals surface area contributed by atoms with Crippen LogP contribution in [0.25, 0.3) is 0 Å². The smallest absolute Gasteiger partial charge is 0.223 e. The van der Waals surface area contributed by atoms with Crippen molar-refractivity contribution in [3.05, 3.63) is 34.9 Å². The summed E-state index contributed by atoms with van der Waals surface area (Å²) < 4.78 is 5.02. The second-order valence-corrected chi connectivity index (χ2v) is 3.45. The highest BCUT2D eigenvalue weighted by atomic mass is 35.5. The van der Waals surface area contributed by atoms with Crippen molar-refractivity contribution in [3.8, 4) is 0 Å². The molecular weight excluding hydrogens is 216 g/mol. The van der Waals surface area contributed by atoms with Gasteiger partial charge in [0.1, 0.15) is 0 Å². The fourth-order valence-corrected chi connectivity index (χ4v) is 1.17. The van der Waals surface area contributed by atoms with Crippen molar-refractivity contribution in [3.63, 3.8) is 0 Å². The van der Waals surface area contributed by atoms with Gasteiger partial charge in [0.05, 0.1) is 29.7 Å². The number of aryl methyl sites for hydroxylation is 1. The number of hydrogen-bond acceptors (Lipinski definition) is 5. The topological polar surface area (TPSA) is 63.8 Å². The molecule has 78 valence electrons. The van der Waals surface area contributed by atoms with E-state index in [2.05, 4.69) is 20.4 Å². The first-order valence-corrected chi connectivity index (χ1v) is 4.75. The van der Waals surface area contributed by atoms with Gasteiger partial charge in [-0.1, -0.05) is 16.8 Å². The minimum atomic E-state index is 0.502. The van der Waals surface area contributed by atoms with E-state index >= 15 is 0 Å². The molecule has 0 aliphatic carbocycles. The van der Waals surface area contributed by atoms with E-state index in [0.29, 0.717) is 17.5 Å². The van der Waals surface area contributed by atoms with E-state index in [1.165, 1.54) is 12.4 Å². The average Bonchev–Trinajstić information content (AvgIpc) is 2.64. The molecule has 0 bridgehead atoms. The van der Waals surface area contributed by atoms with Crippen molar-refractivity contribution < 1.29 is 4.52 Å². The van der Waals surface area contributed by atoms with Crippen LogP contribution < -0.4 is 5.32 Å². The summed E-state index contributed by atoms with van der Waals surface area (Å²) in [6, 6.07) is 1.85. The van der Waals surface area contributed by atoms with E-state index in [1.807, 2.05) is 13.0 Å². The van der Waals surface area contributed by atoms with Gasteiger partial charge < -0.3 is 9.84 Å². The molecular formula is C9H9ClN4O. The van der Waals surface area contributed by atoms with Gasteiger partial charge in [0.2, 0.25) is 5.95 Å². The predicted molar refractivity (Wildman–Crippen MR) is 55.6 cm³/mol. The standard InChI is InChI=1S/C9H9ClN4O/c1-6-2-8(15-14-6)5-13-9-11-3-7(10)4-12-9/h2-4H,5H2,1H3,(H,11,12,13). The van der Waals surface area contributed by atoms with Crippen LogP contribution in [0.1, 0.15) is 11.5 Å². The van der Waals surface area contributed by atoms with Gasteiger partial charge >= 0.3 is 0 Å². The SMILES string of the molecule is Cc1cc(CNc2ncc(Cl)cn2)on1. The van der Waals surface area contributed by atoms with Crippen molar-refractivity contribution in [2.45, 2.75) is 13.5 Å². The van der Waals surface area contributed by atoms with E-state index in [0.717, 1.165) is 11.5 Å². The zero-order valence-electron chi connectivity index (χ0n) is 8.07. The third-order valence-corrected chi connectivity index (χ3v) is 1.91. The summed E-state index contributed by atoms with van der Waals surface area (Å²) in [6.45, 7) is 2.37. The Hall–Kier alpha value is -1.62. The van der Waals surface area contributed by atoms with E-state index < -0.39 is 0 Å². The largest absolute Gasteiger partial charge is 0.359 e. The van der Waals surface area contributed by atoms with Crippen LogP contribution in [0.3, 0.4) is 0 Å². The summed E-state index contributed by atoms with van der Waals surface area (Å²) in [5, 5.41) is 7.26. The maximum Gasteiger partial charge on any atom is 0.223 e. The molecule has 0 spiro atoms. The Bertz CT molecular complexity index is 440. The van der Waals surface area contributed by atoms with Gasteiger partial charge in [0, 0.05) is 6.07 Å². The predicted octanol–water partition coefficient (Wildman–Crippen LogP) is 2.04. The second-order valence-electron chi connectivity index (χ2n) is 3.01. The van der Waals surface area contributed by atoms with Gasteiger partial charge in [0.25, 0.3) is 0 Å². The first-order valence-electron chi connectivity index (χ1n) is 4.37. The van der Waals surface area contributed by atoms with Crippen LogP contribution >= 0.6 is 11.6 Å². The minimum absolute atomic E-state index is 0.502. The Morgan fingerprint density at radius 1 is 1.40 bits per heavy atom. The maximum absolute atomic E-state index is 5.65. The molecule has 0 saturated heterocycles. The molecule has 2 rings (SSSR count). The highest BCUT2D eigenvalue weighted by molar-refractivity contribution is 6.30. The Morgan fingerprint density at radius 2 is 2.13 bits per heavy atom. The Labute approximate surface area is 91.5 Å². The van der Waals surface area contributed by atoms with Gasteiger partial charge in [-0.05, 0) is 6.92 Å². The molecule has 0 aromatic carbocycles. The fourth-order valence-electron chi connectivity index (χ4n) is 1.07. The average molecular weight is 225 g/mol. The Morgan fingerprint density at radius 3 is 2.73 bits per heavy atom. The molecule has 0 saturated carbocycles. The van der Waals surface area contributed by atoms with E-state index in [9.17, 15) is 0 Å². The normalized spacial score (nSPS) is 10.3. The van der Waals surface area contributed by atoms with Crippen LogP contribution in [-0.2, 0) is 6.54 Å². The number of rotatable bonds is 3. The molecule has 0 unspecified atom stereocenters. The molecule has 0 radical (unpaired) electrons. The van der Waals surface area contributed by atoms with Crippen LogP contribution in [-0.4, -0.2) is 15.1 Å². The molecule has 2 aromatic heterocycles. The summed E-state index contributed by atoms with van der Waals surface area (Å²) in [6.07, 6.45) is 3.06. The quantitative estimate of drug-likeness (QED) is 0.864. The summed E-state index contributed by atoms with van der Waals surface area (Å²) in [4.78, 5) is 7.97. The number of halogens is 1. The fraction of sp³-hybridized carbons (Fsp3) is 0.222. The minimum Gasteiger partial charge on any atom is -0.359 e. The number of aromatic nitrogens is 3. The number of anilines is 1. The zero-order chi connectivity index (χ0) is 10.7. The lowest BCUT2D eigenvalue weighted by molar-refractivity contribution is 0.384. The lowest BCUT2D eigenvalue weighted by Gasteiger charge is -2.00. The van der Waals surface area contributed by atoms with Gasteiger partial charge in [-0.25, -0.2) is 9.97 Å². The molecule has 2 aromatic rings. The first-order chi connectivity index (χ1) is 7.24. The molecule has 0 atom stereocenters. The van der Waals surface area contributed by atoms with Crippen LogP contribution in [0, 0.1) is 6.92 Å². The highest BCUT2D eigenvalue weighted by Gasteiger charge is 2.01. The van der Waals surface area contributed by atoms with Crippen LogP contribution in [0.15, 0.2) is 23.0 Å². The van der Waals surface area contributed by atoms with E-state index in [1.54, 1.807) is 0 Å². The monoisotopic (exact) mass is 224 g/mol. The number of hydrogen-bond donors (Lipinski definition) is 1. The molecule has 5 nitrogen and oxygen atoms in total. The summed E-state index contributed by atoms with van der Waals surface area (Å²) in [5.74, 6) is 1.25. The number of nitrogens with zero attached hydrogens (tertiary/aromatic N) is 3. The lowest BCUT2D eigenvalue weighted by atomic mass is 10.4. The summed E-state index contributed by atoms with van der Waals surface area (Å²) in [7, 11) is 0. The third-order valence-electron chi connectivity index (χ3n) is 1.72. The molecule has 0 fully saturated rings. The van der Waals surface area contributed by atoms with Crippen LogP contribution in [0.2, 0.25) is 5.02 Å². The van der Waals surface area contributed by atoms with Crippen LogP contribution in [0.4, 0.5) is 5.95 Å². The van der Waals surface area contributed by atoms with Gasteiger partial charge in [0.15, 0.2) is 5.76 Å². The molecule has 0 aliphatic heterocycles. The van der Waals surface area contributed by atoms with Gasteiger partial charge in [-0.2, -0.15) is 0 Å². The van der Waals surface area contributed by atoms with Crippen molar-refractivity contribution in [1.29, 1.82) is 0 Å². The molecule has 6 heteroatoms. The molecule has 2 heterocycles. The first kappa shape index (κ1) is 9.92. The van der Waals surface area contributed by atoms with Crippen LogP contribution in [0.5, 0.6) is 0 Å². The van der Waals surface area contributed by atoms with Crippen molar-refractivity contribution >= 4 is 17.5 Å². The molecule has 0 amide bonds. The van der Waals surface area contributed by atoms with E-state index in [-0.39, 0.29) is 0 Å². The third kappa shape index (κ3) is 2.66. The van der Waals surface area contributed by atoms with Crippen molar-refractivity contribution in [2.24, 2.45) is 0 Å². The van der Waals surface area contributed by atoms with E-state index in [4.69, 9.17) is 16.1 Å². The molecule has 15 heavy (non-hydrogen) atoms. The van der Waals surface area contributed by atoms with Gasteiger partial charge in [-0.15, -0.1) is 0 Å². The lowest BCUT2D eigenvalue weighted by Crippen LogP contribution is -2.02. The molecule has 1 N–H and O–H groups in total. The molecule has 0 aliphatic rings. The Kier molecular flexibility index (Phi) is 2.82. The van der Waals surface area contributed by atoms with Crippen molar-refractivity contribution in [2.75, 3.05) is 5.32 Å². The van der Waals surface area contributed by atoms with Gasteiger partial charge in [-0.3, -0.25) is 0 Å². The maximum atomic E-state index is 5.65. The second kappa shape index (κ2) is 4.27. The number of nitrogens with one attached hydrogen (secondary N) is 1. The zero-order valence-corrected chi connectivity index (χ0v) is 8.82. The highest BCUT2D eigenvalue weighted by Crippen LogP contribution is 2.07. The Balaban J connectivity index is 1.96. The summed E-state index contributed by atoms with van der Waals surface area (Å²) in [5.41, 5.74) is 0.851.